The molecular formula is C39H24BrN3O. The first-order valence-corrected chi connectivity index (χ1v) is 15.2. The van der Waals surface area contributed by atoms with Gasteiger partial charge in [-0.05, 0) is 29.3 Å². The predicted molar refractivity (Wildman–Crippen MR) is 182 cm³/mol. The number of furan rings is 1. The van der Waals surface area contributed by atoms with E-state index in [2.05, 4.69) is 88.7 Å². The highest BCUT2D eigenvalue weighted by atomic mass is 79.9. The molecule has 0 bridgehead atoms. The van der Waals surface area contributed by atoms with Crippen LogP contribution in [0.3, 0.4) is 0 Å². The molecule has 0 saturated heterocycles. The first-order chi connectivity index (χ1) is 21.7. The number of hydrogen-bond donors (Lipinski definition) is 0. The average Bonchev–Trinajstić information content (AvgIpc) is 3.49. The van der Waals surface area contributed by atoms with Crippen molar-refractivity contribution >= 4 is 37.9 Å². The Morgan fingerprint density at radius 1 is 0.386 bits per heavy atom. The monoisotopic (exact) mass is 629 g/mol. The fourth-order valence-corrected chi connectivity index (χ4v) is 5.93. The second-order valence-electron chi connectivity index (χ2n) is 10.6. The molecule has 0 fully saturated rings. The van der Waals surface area contributed by atoms with Crippen LogP contribution in [0.4, 0.5) is 0 Å². The lowest BCUT2D eigenvalue weighted by atomic mass is 9.99. The molecule has 208 valence electrons. The lowest BCUT2D eigenvalue weighted by Crippen LogP contribution is -2.00. The van der Waals surface area contributed by atoms with Crippen LogP contribution in [-0.4, -0.2) is 15.0 Å². The van der Waals surface area contributed by atoms with Crippen molar-refractivity contribution in [1.82, 2.24) is 15.0 Å². The fraction of sp³-hybridized carbons (Fsp3) is 0. The molecule has 0 saturated carbocycles. The standard InChI is InChI=1S/C39H24BrN3O/c40-30-22-20-25(21-23-30)31-16-8-18-33-34-19-9-17-32(36(34)44-35(31)33)28-14-7-15-29(24-28)39-42-37(26-10-3-1-4-11-26)41-38(43-39)27-12-5-2-6-13-27/h1-24H. The van der Waals surface area contributed by atoms with Gasteiger partial charge in [0.2, 0.25) is 0 Å². The second kappa shape index (κ2) is 11.0. The largest absolute Gasteiger partial charge is 0.455 e. The van der Waals surface area contributed by atoms with Crippen molar-refractivity contribution in [2.24, 2.45) is 0 Å². The minimum atomic E-state index is 0.619. The van der Waals surface area contributed by atoms with Gasteiger partial charge in [-0.1, -0.05) is 143 Å². The molecule has 8 aromatic rings. The van der Waals surface area contributed by atoms with Gasteiger partial charge in [-0.15, -0.1) is 0 Å². The zero-order chi connectivity index (χ0) is 29.5. The maximum atomic E-state index is 6.70. The summed E-state index contributed by atoms with van der Waals surface area (Å²) in [6.07, 6.45) is 0. The Morgan fingerprint density at radius 2 is 0.841 bits per heavy atom. The van der Waals surface area contributed by atoms with Crippen LogP contribution in [0, 0.1) is 0 Å². The Morgan fingerprint density at radius 3 is 1.41 bits per heavy atom. The molecule has 0 unspecified atom stereocenters. The van der Waals surface area contributed by atoms with Crippen LogP contribution in [0.25, 0.3) is 78.4 Å². The molecule has 0 aliphatic carbocycles. The topological polar surface area (TPSA) is 51.8 Å². The maximum Gasteiger partial charge on any atom is 0.164 e. The van der Waals surface area contributed by atoms with E-state index in [0.29, 0.717) is 17.5 Å². The van der Waals surface area contributed by atoms with Gasteiger partial charge in [0, 0.05) is 43.1 Å². The summed E-state index contributed by atoms with van der Waals surface area (Å²) in [6, 6.07) is 49.4. The van der Waals surface area contributed by atoms with Crippen LogP contribution in [0.15, 0.2) is 154 Å². The number of para-hydroxylation sites is 2. The maximum absolute atomic E-state index is 6.70. The molecule has 2 aromatic heterocycles. The molecule has 44 heavy (non-hydrogen) atoms. The summed E-state index contributed by atoms with van der Waals surface area (Å²) in [6.45, 7) is 0. The summed E-state index contributed by atoms with van der Waals surface area (Å²) < 4.78 is 7.75. The zero-order valence-corrected chi connectivity index (χ0v) is 25.1. The molecule has 4 nitrogen and oxygen atoms in total. The van der Waals surface area contributed by atoms with Gasteiger partial charge >= 0.3 is 0 Å². The summed E-state index contributed by atoms with van der Waals surface area (Å²) in [5, 5.41) is 2.18. The number of halogens is 1. The normalized spacial score (nSPS) is 11.3. The Labute approximate surface area is 262 Å². The predicted octanol–water partition coefficient (Wildman–Crippen LogP) is 10.9. The molecule has 0 radical (unpaired) electrons. The Balaban J connectivity index is 1.28. The number of aromatic nitrogens is 3. The zero-order valence-electron chi connectivity index (χ0n) is 23.5. The van der Waals surface area contributed by atoms with Crippen molar-refractivity contribution in [3.8, 4) is 56.4 Å². The van der Waals surface area contributed by atoms with Crippen molar-refractivity contribution in [1.29, 1.82) is 0 Å². The summed E-state index contributed by atoms with van der Waals surface area (Å²) in [7, 11) is 0. The van der Waals surface area contributed by atoms with Crippen LogP contribution in [0.5, 0.6) is 0 Å². The third kappa shape index (κ3) is 4.77. The molecule has 0 aliphatic heterocycles. The summed E-state index contributed by atoms with van der Waals surface area (Å²) in [5.74, 6) is 1.90. The van der Waals surface area contributed by atoms with E-state index in [9.17, 15) is 0 Å². The van der Waals surface area contributed by atoms with Crippen LogP contribution < -0.4 is 0 Å². The molecule has 0 amide bonds. The number of nitrogens with zero attached hydrogens (tertiary/aromatic N) is 3. The van der Waals surface area contributed by atoms with Crippen molar-refractivity contribution in [3.63, 3.8) is 0 Å². The van der Waals surface area contributed by atoms with E-state index < -0.39 is 0 Å². The van der Waals surface area contributed by atoms with Crippen LogP contribution in [-0.2, 0) is 0 Å². The van der Waals surface area contributed by atoms with Gasteiger partial charge in [-0.2, -0.15) is 0 Å². The Bertz CT molecular complexity index is 2220. The van der Waals surface area contributed by atoms with Crippen LogP contribution >= 0.6 is 15.9 Å². The van der Waals surface area contributed by atoms with Gasteiger partial charge in [-0.25, -0.2) is 15.0 Å². The second-order valence-corrected chi connectivity index (χ2v) is 11.5. The van der Waals surface area contributed by atoms with E-state index in [4.69, 9.17) is 19.4 Å². The van der Waals surface area contributed by atoms with Crippen molar-refractivity contribution in [3.05, 3.63) is 150 Å². The number of hydrogen-bond acceptors (Lipinski definition) is 4. The summed E-state index contributed by atoms with van der Waals surface area (Å²) in [4.78, 5) is 14.7. The summed E-state index contributed by atoms with van der Waals surface area (Å²) in [5.41, 5.74) is 8.75. The Hall–Kier alpha value is -5.39. The van der Waals surface area contributed by atoms with Crippen LogP contribution in [0.2, 0.25) is 0 Å². The van der Waals surface area contributed by atoms with E-state index in [1.807, 2.05) is 72.8 Å². The SMILES string of the molecule is Brc1ccc(-c2cccc3c2oc2c(-c4cccc(-c5nc(-c6ccccc6)nc(-c6ccccc6)n5)c4)cccc23)cc1. The van der Waals surface area contributed by atoms with Crippen molar-refractivity contribution in [2.45, 2.75) is 0 Å². The minimum absolute atomic E-state index is 0.619. The summed E-state index contributed by atoms with van der Waals surface area (Å²) >= 11 is 3.55. The molecule has 8 rings (SSSR count). The molecule has 6 aromatic carbocycles. The van der Waals surface area contributed by atoms with Gasteiger partial charge in [0.15, 0.2) is 17.5 Å². The van der Waals surface area contributed by atoms with E-state index >= 15 is 0 Å². The molecule has 2 heterocycles. The lowest BCUT2D eigenvalue weighted by Gasteiger charge is -2.10. The highest BCUT2D eigenvalue weighted by molar-refractivity contribution is 9.10. The molecular weight excluding hydrogens is 606 g/mol. The number of rotatable bonds is 5. The fourth-order valence-electron chi connectivity index (χ4n) is 5.67. The molecule has 0 aliphatic rings. The van der Waals surface area contributed by atoms with Crippen molar-refractivity contribution in [2.75, 3.05) is 0 Å². The average molecular weight is 631 g/mol. The Kier molecular flexibility index (Phi) is 6.58. The quantitative estimate of drug-likeness (QED) is 0.190. The van der Waals surface area contributed by atoms with Crippen molar-refractivity contribution < 1.29 is 4.42 Å². The van der Waals surface area contributed by atoms with Crippen LogP contribution in [0.1, 0.15) is 0 Å². The smallest absolute Gasteiger partial charge is 0.164 e. The van der Waals surface area contributed by atoms with E-state index in [1.165, 1.54) is 0 Å². The van der Waals surface area contributed by atoms with Gasteiger partial charge in [0.1, 0.15) is 11.2 Å². The third-order valence-electron chi connectivity index (χ3n) is 7.81. The highest BCUT2D eigenvalue weighted by Gasteiger charge is 2.17. The molecule has 0 N–H and O–H groups in total. The molecule has 0 atom stereocenters. The van der Waals surface area contributed by atoms with Gasteiger partial charge < -0.3 is 4.42 Å². The molecule has 5 heteroatoms. The third-order valence-corrected chi connectivity index (χ3v) is 8.34. The first kappa shape index (κ1) is 26.3. The van der Waals surface area contributed by atoms with E-state index in [0.717, 1.165) is 65.4 Å². The van der Waals surface area contributed by atoms with E-state index in [1.54, 1.807) is 0 Å². The van der Waals surface area contributed by atoms with Gasteiger partial charge in [0.05, 0.1) is 0 Å². The van der Waals surface area contributed by atoms with Gasteiger partial charge in [-0.3, -0.25) is 0 Å². The highest BCUT2D eigenvalue weighted by Crippen LogP contribution is 2.40. The number of benzene rings is 6. The number of fused-ring (bicyclic) bond motifs is 3. The lowest BCUT2D eigenvalue weighted by molar-refractivity contribution is 0.671. The van der Waals surface area contributed by atoms with E-state index in [-0.39, 0.29) is 0 Å². The molecule has 0 spiro atoms. The minimum Gasteiger partial charge on any atom is -0.455 e. The first-order valence-electron chi connectivity index (χ1n) is 14.4. The van der Waals surface area contributed by atoms with Gasteiger partial charge in [0.25, 0.3) is 0 Å².